The van der Waals surface area contributed by atoms with E-state index in [1.165, 1.54) is 0 Å². The van der Waals surface area contributed by atoms with E-state index in [9.17, 15) is 14.4 Å². The maximum absolute atomic E-state index is 12.5. The molecular formula is C19H20BrNO5. The normalized spacial score (nSPS) is 33.9. The quantitative estimate of drug-likeness (QED) is 0.595. The number of carbonyl (C=O) groups is 3. The minimum atomic E-state index is -0.523. The molecule has 3 fully saturated rings. The van der Waals surface area contributed by atoms with Gasteiger partial charge in [0.1, 0.15) is 6.10 Å². The lowest BCUT2D eigenvalue weighted by molar-refractivity contribution is -0.157. The molecule has 0 radical (unpaired) electrons. The Bertz CT molecular complexity index is 794. The summed E-state index contributed by atoms with van der Waals surface area (Å²) in [5.41, 5.74) is 2.87. The lowest BCUT2D eigenvalue weighted by atomic mass is 9.80. The Labute approximate surface area is 159 Å². The van der Waals surface area contributed by atoms with Crippen molar-refractivity contribution in [1.29, 1.82) is 0 Å². The molecule has 1 aromatic rings. The number of carbonyl (C=O) groups excluding carboxylic acids is 3. The zero-order chi connectivity index (χ0) is 18.6. The van der Waals surface area contributed by atoms with Crippen LogP contribution in [0.2, 0.25) is 0 Å². The summed E-state index contributed by atoms with van der Waals surface area (Å²) in [6.45, 7) is 3.59. The summed E-state index contributed by atoms with van der Waals surface area (Å²) in [4.78, 5) is 36.7. The number of hydrogen-bond acceptors (Lipinski definition) is 5. The van der Waals surface area contributed by atoms with Gasteiger partial charge in [0.25, 0.3) is 5.91 Å². The number of ether oxygens (including phenoxy) is 2. The first kappa shape index (κ1) is 17.5. The Morgan fingerprint density at radius 1 is 1.27 bits per heavy atom. The van der Waals surface area contributed by atoms with E-state index < -0.39 is 23.7 Å². The van der Waals surface area contributed by atoms with E-state index in [0.29, 0.717) is 5.69 Å². The average Bonchev–Trinajstić information content (AvgIpc) is 3.20. The van der Waals surface area contributed by atoms with Crippen LogP contribution >= 0.6 is 15.9 Å². The van der Waals surface area contributed by atoms with Crippen molar-refractivity contribution in [3.05, 3.63) is 29.3 Å². The summed E-state index contributed by atoms with van der Waals surface area (Å²) in [6.07, 6.45) is 0.653. The maximum atomic E-state index is 12.5. The van der Waals surface area contributed by atoms with E-state index in [1.54, 1.807) is 0 Å². The van der Waals surface area contributed by atoms with Gasteiger partial charge in [0.2, 0.25) is 0 Å². The zero-order valence-electron chi connectivity index (χ0n) is 14.5. The molecule has 6 nitrogen and oxygen atoms in total. The van der Waals surface area contributed by atoms with Crippen LogP contribution in [0, 0.1) is 37.5 Å². The average molecular weight is 422 g/mol. The molecule has 1 heterocycles. The van der Waals surface area contributed by atoms with Crippen LogP contribution in [0.1, 0.15) is 17.5 Å². The molecule has 26 heavy (non-hydrogen) atoms. The summed E-state index contributed by atoms with van der Waals surface area (Å²) in [7, 11) is 0. The molecule has 2 saturated carbocycles. The Balaban J connectivity index is 1.36. The van der Waals surface area contributed by atoms with Crippen molar-refractivity contribution in [2.24, 2.45) is 23.7 Å². The third kappa shape index (κ3) is 2.73. The fraction of sp³-hybridized carbons (Fsp3) is 0.526. The van der Waals surface area contributed by atoms with Crippen molar-refractivity contribution in [3.8, 4) is 0 Å². The largest absolute Gasteiger partial charge is 0.461 e. The Hall–Kier alpha value is -1.89. The highest BCUT2D eigenvalue weighted by atomic mass is 79.9. The molecule has 6 atom stereocenters. The van der Waals surface area contributed by atoms with Crippen LogP contribution in [-0.2, 0) is 23.9 Å². The predicted molar refractivity (Wildman–Crippen MR) is 96.7 cm³/mol. The fourth-order valence-electron chi connectivity index (χ4n) is 4.54. The highest BCUT2D eigenvalue weighted by Gasteiger charge is 2.68. The van der Waals surface area contributed by atoms with Gasteiger partial charge in [-0.15, -0.1) is 0 Å². The van der Waals surface area contributed by atoms with Gasteiger partial charge in [-0.25, -0.2) is 0 Å². The number of fused-ring (bicyclic) bond motifs is 1. The maximum Gasteiger partial charge on any atom is 0.310 e. The van der Waals surface area contributed by atoms with E-state index in [1.807, 2.05) is 32.0 Å². The topological polar surface area (TPSA) is 81.7 Å². The lowest BCUT2D eigenvalue weighted by Gasteiger charge is -2.26. The molecule has 1 aliphatic heterocycles. The van der Waals surface area contributed by atoms with Gasteiger partial charge in [-0.2, -0.15) is 0 Å². The Morgan fingerprint density at radius 3 is 2.77 bits per heavy atom. The molecule has 2 bridgehead atoms. The predicted octanol–water partition coefficient (Wildman–Crippen LogP) is 2.36. The third-order valence-electron chi connectivity index (χ3n) is 5.93. The summed E-state index contributed by atoms with van der Waals surface area (Å²) >= 11 is 3.56. The second-order valence-electron chi connectivity index (χ2n) is 7.42. The van der Waals surface area contributed by atoms with Gasteiger partial charge in [0.15, 0.2) is 6.61 Å². The van der Waals surface area contributed by atoms with Gasteiger partial charge in [-0.05, 0) is 49.4 Å². The number of hydrogen-bond donors (Lipinski definition) is 1. The molecule has 138 valence electrons. The number of rotatable bonds is 4. The number of alkyl halides is 1. The molecule has 1 amide bonds. The smallest absolute Gasteiger partial charge is 0.310 e. The van der Waals surface area contributed by atoms with Gasteiger partial charge in [-0.3, -0.25) is 14.4 Å². The molecule has 1 saturated heterocycles. The van der Waals surface area contributed by atoms with Gasteiger partial charge in [0.05, 0.1) is 16.7 Å². The Kier molecular flexibility index (Phi) is 4.29. The molecule has 3 aliphatic rings. The van der Waals surface area contributed by atoms with Crippen LogP contribution in [-0.4, -0.2) is 35.4 Å². The minimum absolute atomic E-state index is 0.0166. The number of aryl methyl sites for hydroxylation is 2. The molecule has 4 rings (SSSR count). The van der Waals surface area contributed by atoms with Gasteiger partial charge in [0, 0.05) is 11.6 Å². The van der Waals surface area contributed by atoms with Crippen LogP contribution in [0.5, 0.6) is 0 Å². The van der Waals surface area contributed by atoms with E-state index >= 15 is 0 Å². The molecule has 1 aromatic carbocycles. The molecule has 7 heteroatoms. The number of amides is 1. The first-order valence-electron chi connectivity index (χ1n) is 8.75. The van der Waals surface area contributed by atoms with E-state index in [0.717, 1.165) is 17.5 Å². The first-order chi connectivity index (χ1) is 12.4. The number of esters is 2. The molecular weight excluding hydrogens is 402 g/mol. The third-order valence-corrected chi connectivity index (χ3v) is 7.13. The molecule has 1 N–H and O–H groups in total. The summed E-state index contributed by atoms with van der Waals surface area (Å²) in [6, 6.07) is 5.60. The van der Waals surface area contributed by atoms with Crippen LogP contribution in [0.3, 0.4) is 0 Å². The second kappa shape index (κ2) is 6.37. The van der Waals surface area contributed by atoms with Crippen molar-refractivity contribution < 1.29 is 23.9 Å². The van der Waals surface area contributed by atoms with Gasteiger partial charge >= 0.3 is 11.9 Å². The molecule has 2 aliphatic carbocycles. The number of anilines is 1. The molecule has 0 aromatic heterocycles. The molecule has 0 unspecified atom stereocenters. The highest BCUT2D eigenvalue weighted by molar-refractivity contribution is 9.09. The van der Waals surface area contributed by atoms with Gasteiger partial charge in [-0.1, -0.05) is 22.0 Å². The van der Waals surface area contributed by atoms with Gasteiger partial charge < -0.3 is 14.8 Å². The fourth-order valence-corrected chi connectivity index (χ4v) is 5.59. The summed E-state index contributed by atoms with van der Waals surface area (Å²) < 4.78 is 10.6. The zero-order valence-corrected chi connectivity index (χ0v) is 16.1. The Morgan fingerprint density at radius 2 is 2.04 bits per heavy atom. The van der Waals surface area contributed by atoms with Crippen molar-refractivity contribution in [1.82, 2.24) is 0 Å². The van der Waals surface area contributed by atoms with Crippen LogP contribution in [0.15, 0.2) is 18.2 Å². The monoisotopic (exact) mass is 421 g/mol. The van der Waals surface area contributed by atoms with Crippen LogP contribution in [0.25, 0.3) is 0 Å². The van der Waals surface area contributed by atoms with Crippen molar-refractivity contribution in [3.63, 3.8) is 0 Å². The van der Waals surface area contributed by atoms with Crippen LogP contribution < -0.4 is 5.32 Å². The first-order valence-corrected chi connectivity index (χ1v) is 9.66. The second-order valence-corrected chi connectivity index (χ2v) is 8.47. The van der Waals surface area contributed by atoms with Crippen molar-refractivity contribution in [2.45, 2.75) is 31.2 Å². The summed E-state index contributed by atoms with van der Waals surface area (Å²) in [5, 5.41) is 2.72. The van der Waals surface area contributed by atoms with E-state index in [2.05, 4.69) is 21.2 Å². The molecule has 0 spiro atoms. The lowest BCUT2D eigenvalue weighted by Crippen LogP contribution is -2.39. The van der Waals surface area contributed by atoms with E-state index in [-0.39, 0.29) is 35.3 Å². The van der Waals surface area contributed by atoms with Crippen LogP contribution in [0.4, 0.5) is 5.69 Å². The highest BCUT2D eigenvalue weighted by Crippen LogP contribution is 2.60. The van der Waals surface area contributed by atoms with Crippen molar-refractivity contribution >= 4 is 39.5 Å². The SMILES string of the molecule is Cc1ccc(NC(=O)COC(=O)[C@@H]2[C@H]3C[C@H]4[C@H](OC(=O)[C@@H]42)[C@H]3Br)cc1C. The van der Waals surface area contributed by atoms with E-state index in [4.69, 9.17) is 9.47 Å². The summed E-state index contributed by atoms with van der Waals surface area (Å²) in [5.74, 6) is -2.04. The minimum Gasteiger partial charge on any atom is -0.461 e. The van der Waals surface area contributed by atoms with Crippen molar-refractivity contribution in [2.75, 3.05) is 11.9 Å². The standard InChI is InChI=1S/C19H20BrNO5/c1-8-3-4-10(5-9(8)2)21-13(22)7-25-18(23)14-11-6-12-15(14)19(24)26-17(12)16(11)20/h3-5,11-12,14-17H,6-7H2,1-2H3,(H,21,22)/t11-,12-,14-,15+,16+,17+/m1/s1. The number of halogens is 1. The number of benzene rings is 1. The number of nitrogens with one attached hydrogen (secondary N) is 1.